The lowest BCUT2D eigenvalue weighted by atomic mass is 10.0. The predicted molar refractivity (Wildman–Crippen MR) is 70.5 cm³/mol. The molecule has 0 aromatic carbocycles. The number of carbonyl (C=O) groups excluding carboxylic acids is 1. The quantitative estimate of drug-likeness (QED) is 0.875. The molecule has 6 heteroatoms. The van der Waals surface area contributed by atoms with Crippen molar-refractivity contribution in [3.8, 4) is 0 Å². The Kier molecular flexibility index (Phi) is 3.38. The molecule has 18 heavy (non-hydrogen) atoms. The van der Waals surface area contributed by atoms with Crippen LogP contribution in [0, 0.1) is 6.92 Å². The lowest BCUT2D eigenvalue weighted by Gasteiger charge is -2.38. The van der Waals surface area contributed by atoms with E-state index < -0.39 is 5.54 Å². The van der Waals surface area contributed by atoms with Gasteiger partial charge in [0.2, 0.25) is 5.91 Å². The Balaban J connectivity index is 2.21. The van der Waals surface area contributed by atoms with Gasteiger partial charge in [0.1, 0.15) is 5.15 Å². The molecule has 0 spiro atoms. The summed E-state index contributed by atoms with van der Waals surface area (Å²) in [5.41, 5.74) is 1.32. The number of nitrogens with one attached hydrogen (secondary N) is 1. The standard InChI is InChI=1S/C12H19ClN4O/c1-8-9(10(13)16(4)15-8)7-17-6-5-14-12(2,3)11(17)18/h14H,5-7H2,1-4H3. The van der Waals surface area contributed by atoms with E-state index in [1.807, 2.05) is 32.7 Å². The van der Waals surface area contributed by atoms with Crippen LogP contribution in [0.3, 0.4) is 0 Å². The molecule has 0 saturated carbocycles. The Bertz CT molecular complexity index is 481. The molecule has 0 unspecified atom stereocenters. The highest BCUT2D eigenvalue weighted by molar-refractivity contribution is 6.30. The topological polar surface area (TPSA) is 50.2 Å². The van der Waals surface area contributed by atoms with Crippen molar-refractivity contribution in [3.63, 3.8) is 0 Å². The molecular weight excluding hydrogens is 252 g/mol. The molecule has 0 atom stereocenters. The average Bonchev–Trinajstić information content (AvgIpc) is 2.51. The first-order chi connectivity index (χ1) is 8.33. The first-order valence-electron chi connectivity index (χ1n) is 6.05. The van der Waals surface area contributed by atoms with Crippen LogP contribution in [0.1, 0.15) is 25.1 Å². The normalized spacial score (nSPS) is 19.4. The monoisotopic (exact) mass is 270 g/mol. The molecule has 1 aromatic rings. The SMILES string of the molecule is Cc1nn(C)c(Cl)c1CN1CCNC(C)(C)C1=O. The predicted octanol–water partition coefficient (Wildman–Crippen LogP) is 1.09. The van der Waals surface area contributed by atoms with Gasteiger partial charge < -0.3 is 10.2 Å². The van der Waals surface area contributed by atoms with Crippen molar-refractivity contribution in [1.29, 1.82) is 0 Å². The summed E-state index contributed by atoms with van der Waals surface area (Å²) in [6.07, 6.45) is 0. The lowest BCUT2D eigenvalue weighted by molar-refractivity contribution is -0.140. The van der Waals surface area contributed by atoms with Gasteiger partial charge in [-0.2, -0.15) is 5.10 Å². The number of amides is 1. The minimum Gasteiger partial charge on any atom is -0.335 e. The Morgan fingerprint density at radius 3 is 2.72 bits per heavy atom. The summed E-state index contributed by atoms with van der Waals surface area (Å²) in [5, 5.41) is 8.09. The number of piperazine rings is 1. The summed E-state index contributed by atoms with van der Waals surface area (Å²) in [6, 6.07) is 0. The second kappa shape index (κ2) is 4.55. The van der Waals surface area contributed by atoms with Crippen LogP contribution in [0.2, 0.25) is 5.15 Å². The maximum atomic E-state index is 12.3. The number of rotatable bonds is 2. The van der Waals surface area contributed by atoms with Crippen LogP contribution in [-0.4, -0.2) is 39.2 Å². The van der Waals surface area contributed by atoms with Gasteiger partial charge >= 0.3 is 0 Å². The van der Waals surface area contributed by atoms with Crippen LogP contribution in [-0.2, 0) is 18.4 Å². The van der Waals surface area contributed by atoms with Crippen molar-refractivity contribution < 1.29 is 4.79 Å². The fraction of sp³-hybridized carbons (Fsp3) is 0.667. The van der Waals surface area contributed by atoms with Crippen LogP contribution in [0.5, 0.6) is 0 Å². The van der Waals surface area contributed by atoms with Crippen LogP contribution < -0.4 is 5.32 Å². The fourth-order valence-electron chi connectivity index (χ4n) is 2.27. The van der Waals surface area contributed by atoms with E-state index >= 15 is 0 Å². The number of hydrogen-bond acceptors (Lipinski definition) is 3. The van der Waals surface area contributed by atoms with Crippen LogP contribution in [0.4, 0.5) is 0 Å². The third-order valence-electron chi connectivity index (χ3n) is 3.39. The van der Waals surface area contributed by atoms with Crippen molar-refractivity contribution in [1.82, 2.24) is 20.0 Å². The fourth-order valence-corrected chi connectivity index (χ4v) is 2.51. The number of halogens is 1. The smallest absolute Gasteiger partial charge is 0.242 e. The number of hydrogen-bond donors (Lipinski definition) is 1. The average molecular weight is 271 g/mol. The first kappa shape index (κ1) is 13.4. The molecule has 2 rings (SSSR count). The number of carbonyl (C=O) groups is 1. The second-order valence-corrected chi connectivity index (χ2v) is 5.61. The summed E-state index contributed by atoms with van der Waals surface area (Å²) in [6.45, 7) is 7.75. The molecule has 1 saturated heterocycles. The first-order valence-corrected chi connectivity index (χ1v) is 6.43. The Morgan fingerprint density at radius 2 is 2.17 bits per heavy atom. The van der Waals surface area contributed by atoms with Gasteiger partial charge in [0.15, 0.2) is 0 Å². The molecule has 1 amide bonds. The van der Waals surface area contributed by atoms with Crippen LogP contribution in [0.25, 0.3) is 0 Å². The van der Waals surface area contributed by atoms with Crippen LogP contribution in [0.15, 0.2) is 0 Å². The van der Waals surface area contributed by atoms with E-state index in [0.717, 1.165) is 17.8 Å². The van der Waals surface area contributed by atoms with E-state index in [0.29, 0.717) is 18.2 Å². The largest absolute Gasteiger partial charge is 0.335 e. The summed E-state index contributed by atoms with van der Waals surface area (Å²) in [7, 11) is 1.81. The van der Waals surface area contributed by atoms with Gasteiger partial charge in [0.25, 0.3) is 0 Å². The molecule has 100 valence electrons. The molecular formula is C12H19ClN4O. The minimum atomic E-state index is -0.499. The van der Waals surface area contributed by atoms with Crippen molar-refractivity contribution >= 4 is 17.5 Å². The zero-order valence-corrected chi connectivity index (χ0v) is 12.0. The van der Waals surface area contributed by atoms with E-state index in [4.69, 9.17) is 11.6 Å². The van der Waals surface area contributed by atoms with Gasteiger partial charge in [-0.3, -0.25) is 9.48 Å². The van der Waals surface area contributed by atoms with E-state index in [9.17, 15) is 4.79 Å². The summed E-state index contributed by atoms with van der Waals surface area (Å²) >= 11 is 6.20. The maximum absolute atomic E-state index is 12.3. The third-order valence-corrected chi connectivity index (χ3v) is 3.86. The van der Waals surface area contributed by atoms with Crippen LogP contribution >= 0.6 is 11.6 Å². The van der Waals surface area contributed by atoms with Gasteiger partial charge in [-0.15, -0.1) is 0 Å². The molecule has 0 bridgehead atoms. The molecule has 1 aliphatic rings. The van der Waals surface area contributed by atoms with Crippen molar-refractivity contribution in [2.24, 2.45) is 7.05 Å². The second-order valence-electron chi connectivity index (χ2n) is 5.26. The summed E-state index contributed by atoms with van der Waals surface area (Å²) < 4.78 is 1.64. The molecule has 5 nitrogen and oxygen atoms in total. The van der Waals surface area contributed by atoms with Gasteiger partial charge in [-0.05, 0) is 20.8 Å². The molecule has 2 heterocycles. The van der Waals surface area contributed by atoms with Gasteiger partial charge in [-0.25, -0.2) is 0 Å². The van der Waals surface area contributed by atoms with E-state index in [-0.39, 0.29) is 5.91 Å². The lowest BCUT2D eigenvalue weighted by Crippen LogP contribution is -2.60. The van der Waals surface area contributed by atoms with E-state index in [2.05, 4.69) is 10.4 Å². The van der Waals surface area contributed by atoms with Gasteiger partial charge in [0, 0.05) is 25.7 Å². The molecule has 1 fully saturated rings. The highest BCUT2D eigenvalue weighted by Gasteiger charge is 2.35. The highest BCUT2D eigenvalue weighted by Crippen LogP contribution is 2.22. The number of aryl methyl sites for hydroxylation is 2. The molecule has 0 aliphatic carbocycles. The van der Waals surface area contributed by atoms with E-state index in [1.54, 1.807) is 4.68 Å². The zero-order valence-electron chi connectivity index (χ0n) is 11.2. The number of nitrogens with zero attached hydrogens (tertiary/aromatic N) is 3. The van der Waals surface area contributed by atoms with Crippen molar-refractivity contribution in [3.05, 3.63) is 16.4 Å². The van der Waals surface area contributed by atoms with E-state index in [1.165, 1.54) is 0 Å². The zero-order chi connectivity index (χ0) is 13.5. The molecule has 1 aliphatic heterocycles. The van der Waals surface area contributed by atoms with Gasteiger partial charge in [0.05, 0.1) is 17.8 Å². The molecule has 0 radical (unpaired) electrons. The minimum absolute atomic E-state index is 0.105. The Morgan fingerprint density at radius 1 is 1.50 bits per heavy atom. The molecule has 1 N–H and O–H groups in total. The maximum Gasteiger partial charge on any atom is 0.242 e. The summed E-state index contributed by atoms with van der Waals surface area (Å²) in [5.74, 6) is 0.105. The molecule has 1 aromatic heterocycles. The van der Waals surface area contributed by atoms with Crippen molar-refractivity contribution in [2.45, 2.75) is 32.9 Å². The highest BCUT2D eigenvalue weighted by atomic mass is 35.5. The van der Waals surface area contributed by atoms with Gasteiger partial charge in [-0.1, -0.05) is 11.6 Å². The Hall–Kier alpha value is -1.07. The number of aromatic nitrogens is 2. The Labute approximate surface area is 112 Å². The third kappa shape index (κ3) is 2.24. The van der Waals surface area contributed by atoms with Crippen molar-refractivity contribution in [2.75, 3.05) is 13.1 Å². The summed E-state index contributed by atoms with van der Waals surface area (Å²) in [4.78, 5) is 14.1.